The van der Waals surface area contributed by atoms with Gasteiger partial charge in [-0.3, -0.25) is 4.79 Å². The summed E-state index contributed by atoms with van der Waals surface area (Å²) in [6.07, 6.45) is 3.71. The Bertz CT molecular complexity index is 1060. The Balaban J connectivity index is 1.41. The van der Waals surface area contributed by atoms with Crippen LogP contribution in [0.1, 0.15) is 44.7 Å². The van der Waals surface area contributed by atoms with E-state index in [9.17, 15) is 9.59 Å². The number of hydrogen-bond acceptors (Lipinski definition) is 5. The lowest BCUT2D eigenvalue weighted by Gasteiger charge is -2.25. The Morgan fingerprint density at radius 3 is 2.57 bits per heavy atom. The van der Waals surface area contributed by atoms with Crippen LogP contribution in [0.15, 0.2) is 30.5 Å². The van der Waals surface area contributed by atoms with Gasteiger partial charge in [-0.2, -0.15) is 0 Å². The number of aryl methyl sites for hydroxylation is 1. The van der Waals surface area contributed by atoms with Gasteiger partial charge < -0.3 is 14.8 Å². The average Bonchev–Trinajstić information content (AvgIpc) is 3.32. The quantitative estimate of drug-likeness (QED) is 0.773. The minimum Gasteiger partial charge on any atom is -0.492 e. The fourth-order valence-corrected chi connectivity index (χ4v) is 4.23. The van der Waals surface area contributed by atoms with E-state index in [1.54, 1.807) is 19.1 Å². The Hall–Kier alpha value is -3.09. The number of amides is 3. The predicted octanol–water partition coefficient (Wildman–Crippen LogP) is 4.08. The number of rotatable bonds is 4. The van der Waals surface area contributed by atoms with Crippen molar-refractivity contribution >= 4 is 17.6 Å². The van der Waals surface area contributed by atoms with E-state index in [-0.39, 0.29) is 17.2 Å². The Labute approximate surface area is 175 Å². The summed E-state index contributed by atoms with van der Waals surface area (Å²) in [7, 11) is 0. The van der Waals surface area contributed by atoms with Crippen molar-refractivity contribution in [3.63, 3.8) is 0 Å². The molecule has 30 heavy (non-hydrogen) atoms. The molecule has 7 nitrogen and oxygen atoms in total. The van der Waals surface area contributed by atoms with Crippen molar-refractivity contribution in [2.75, 3.05) is 11.5 Å². The number of imide groups is 1. The summed E-state index contributed by atoms with van der Waals surface area (Å²) < 4.78 is 12.1. The third-order valence-corrected chi connectivity index (χ3v) is 6.76. The Morgan fingerprint density at radius 1 is 1.20 bits per heavy atom. The van der Waals surface area contributed by atoms with Crippen molar-refractivity contribution in [1.29, 1.82) is 0 Å². The van der Waals surface area contributed by atoms with Gasteiger partial charge in [0.2, 0.25) is 5.88 Å². The zero-order valence-corrected chi connectivity index (χ0v) is 17.6. The number of hydrogen-bond donors (Lipinski definition) is 1. The lowest BCUT2D eigenvalue weighted by Crippen LogP contribution is -2.48. The highest BCUT2D eigenvalue weighted by Gasteiger charge is 2.53. The molecule has 1 aliphatic carbocycles. The van der Waals surface area contributed by atoms with Crippen molar-refractivity contribution < 1.29 is 19.1 Å². The fourth-order valence-electron chi connectivity index (χ4n) is 4.23. The van der Waals surface area contributed by atoms with E-state index in [0.29, 0.717) is 18.2 Å². The van der Waals surface area contributed by atoms with E-state index < -0.39 is 11.6 Å². The molecule has 1 saturated heterocycles. The van der Waals surface area contributed by atoms with Crippen LogP contribution in [-0.4, -0.2) is 29.1 Å². The summed E-state index contributed by atoms with van der Waals surface area (Å²) in [6.45, 7) is 8.31. The first-order valence-electron chi connectivity index (χ1n) is 10.3. The van der Waals surface area contributed by atoms with Gasteiger partial charge >= 0.3 is 6.03 Å². The van der Waals surface area contributed by atoms with Crippen LogP contribution in [-0.2, 0) is 10.2 Å². The molecule has 2 aliphatic heterocycles. The highest BCUT2D eigenvalue weighted by molar-refractivity contribution is 6.23. The molecule has 156 valence electrons. The number of fused-ring (bicyclic) bond motifs is 2. The maximum Gasteiger partial charge on any atom is 0.329 e. The molecule has 3 heterocycles. The Morgan fingerprint density at radius 2 is 1.97 bits per heavy atom. The molecule has 3 aliphatic rings. The van der Waals surface area contributed by atoms with Gasteiger partial charge in [-0.1, -0.05) is 19.9 Å². The number of nitrogens with zero attached hydrogens (tertiary/aromatic N) is 2. The molecule has 1 aromatic carbocycles. The van der Waals surface area contributed by atoms with E-state index in [4.69, 9.17) is 9.47 Å². The summed E-state index contributed by atoms with van der Waals surface area (Å²) in [5, 5.41) is 2.80. The molecule has 7 heteroatoms. The normalized spacial score (nSPS) is 23.6. The number of carbonyl (C=O) groups excluding carboxylic acids is 2. The highest BCUT2D eigenvalue weighted by Crippen LogP contribution is 2.59. The van der Waals surface area contributed by atoms with Crippen molar-refractivity contribution in [1.82, 2.24) is 10.3 Å². The number of ether oxygens (including phenoxy) is 2. The van der Waals surface area contributed by atoms with Gasteiger partial charge in [0, 0.05) is 17.0 Å². The number of pyridine rings is 1. The largest absolute Gasteiger partial charge is 0.492 e. The van der Waals surface area contributed by atoms with Gasteiger partial charge in [-0.05, 0) is 50.3 Å². The molecular weight excluding hydrogens is 382 g/mol. The predicted molar refractivity (Wildman–Crippen MR) is 111 cm³/mol. The molecule has 0 bridgehead atoms. The highest BCUT2D eigenvalue weighted by atomic mass is 16.5. The monoisotopic (exact) mass is 407 g/mol. The van der Waals surface area contributed by atoms with Crippen LogP contribution in [0.5, 0.6) is 17.4 Å². The molecule has 1 aromatic heterocycles. The van der Waals surface area contributed by atoms with Crippen LogP contribution in [0, 0.1) is 12.8 Å². The maximum absolute atomic E-state index is 12.9. The van der Waals surface area contributed by atoms with Crippen LogP contribution in [0.25, 0.3) is 0 Å². The Kier molecular flexibility index (Phi) is 3.91. The van der Waals surface area contributed by atoms with Gasteiger partial charge in [-0.15, -0.1) is 0 Å². The minimum absolute atomic E-state index is 0.0323. The number of nitrogens with one attached hydrogen (secondary N) is 1. The van der Waals surface area contributed by atoms with Gasteiger partial charge in [0.05, 0.1) is 18.5 Å². The lowest BCUT2D eigenvalue weighted by molar-refractivity contribution is -0.122. The van der Waals surface area contributed by atoms with Crippen LogP contribution < -0.4 is 19.7 Å². The lowest BCUT2D eigenvalue weighted by atomic mass is 9.88. The van der Waals surface area contributed by atoms with Crippen molar-refractivity contribution in [3.05, 3.63) is 41.6 Å². The number of urea groups is 1. The number of benzene rings is 1. The van der Waals surface area contributed by atoms with Crippen LogP contribution in [0.2, 0.25) is 0 Å². The SMILES string of the molecule is Cc1ccc(Oc2ccc(N3C(=O)N[C@](C)(C(C)C)C3=O)cn2)c2c1OCC21CC1. The molecule has 1 saturated carbocycles. The smallest absolute Gasteiger partial charge is 0.329 e. The molecule has 3 amide bonds. The third-order valence-electron chi connectivity index (χ3n) is 6.76. The standard InChI is InChI=1S/C23H25N3O4/c1-13(2)22(4)20(27)26(21(28)25-22)15-6-8-17(24-11-15)30-16-7-5-14(3)19-18(16)23(9-10-23)12-29-19/h5-8,11,13H,9-10,12H2,1-4H3,(H,25,28)/t22-/m1/s1. The van der Waals surface area contributed by atoms with Gasteiger partial charge in [0.1, 0.15) is 17.0 Å². The maximum atomic E-state index is 12.9. The molecule has 0 radical (unpaired) electrons. The van der Waals surface area contributed by atoms with Crippen LogP contribution in [0.3, 0.4) is 0 Å². The molecule has 0 unspecified atom stereocenters. The van der Waals surface area contributed by atoms with E-state index in [1.807, 2.05) is 32.9 Å². The first-order chi connectivity index (χ1) is 14.2. The van der Waals surface area contributed by atoms with Crippen molar-refractivity contribution in [2.24, 2.45) is 5.92 Å². The second-order valence-electron chi connectivity index (χ2n) is 9.04. The minimum atomic E-state index is -0.923. The topological polar surface area (TPSA) is 80.8 Å². The molecule has 2 fully saturated rings. The van der Waals surface area contributed by atoms with Crippen LogP contribution >= 0.6 is 0 Å². The average molecular weight is 407 g/mol. The van der Waals surface area contributed by atoms with Crippen molar-refractivity contribution in [3.8, 4) is 17.4 Å². The number of carbonyl (C=O) groups is 2. The van der Waals surface area contributed by atoms with Gasteiger partial charge in [0.25, 0.3) is 5.91 Å². The summed E-state index contributed by atoms with van der Waals surface area (Å²) in [6, 6.07) is 6.89. The zero-order valence-electron chi connectivity index (χ0n) is 17.6. The number of anilines is 1. The first kappa shape index (κ1) is 18.9. The molecule has 1 spiro atoms. The molecule has 2 aromatic rings. The van der Waals surface area contributed by atoms with Gasteiger partial charge in [0.15, 0.2) is 0 Å². The fraction of sp³-hybridized carbons (Fsp3) is 0.435. The summed E-state index contributed by atoms with van der Waals surface area (Å²) >= 11 is 0. The molecule has 5 rings (SSSR count). The first-order valence-corrected chi connectivity index (χ1v) is 10.3. The van der Waals surface area contributed by atoms with E-state index in [0.717, 1.165) is 40.4 Å². The van der Waals surface area contributed by atoms with Crippen molar-refractivity contribution in [2.45, 2.75) is 51.5 Å². The molecule has 1 atom stereocenters. The van der Waals surface area contributed by atoms with Gasteiger partial charge in [-0.25, -0.2) is 14.7 Å². The van der Waals surface area contributed by atoms with E-state index in [2.05, 4.69) is 10.3 Å². The second-order valence-corrected chi connectivity index (χ2v) is 9.04. The third kappa shape index (κ3) is 2.61. The number of aromatic nitrogens is 1. The molecular formula is C23H25N3O4. The second kappa shape index (κ2) is 6.20. The van der Waals surface area contributed by atoms with Crippen LogP contribution in [0.4, 0.5) is 10.5 Å². The summed E-state index contributed by atoms with van der Waals surface area (Å²) in [4.78, 5) is 30.8. The van der Waals surface area contributed by atoms with E-state index >= 15 is 0 Å². The molecule has 1 N–H and O–H groups in total. The summed E-state index contributed by atoms with van der Waals surface area (Å²) in [5.74, 6) is 1.78. The summed E-state index contributed by atoms with van der Waals surface area (Å²) in [5.41, 5.74) is 1.82. The zero-order chi connectivity index (χ0) is 21.3. The van der Waals surface area contributed by atoms with E-state index in [1.165, 1.54) is 6.20 Å².